The standard InChI is InChI=1S/C6H8O3/c1-9-5-3-2-4(7)6(5)8/h2-3,5-6,8H,1H3. The lowest BCUT2D eigenvalue weighted by Gasteiger charge is -2.08. The molecular formula is C6H8O3. The third-order valence-corrected chi connectivity index (χ3v) is 1.33. The van der Waals surface area contributed by atoms with Crippen molar-refractivity contribution in [3.8, 4) is 0 Å². The summed E-state index contributed by atoms with van der Waals surface area (Å²) in [6, 6.07) is 0. The van der Waals surface area contributed by atoms with Gasteiger partial charge in [0.25, 0.3) is 0 Å². The SMILES string of the molecule is COC1C=CC(=O)C1O. The molecule has 50 valence electrons. The summed E-state index contributed by atoms with van der Waals surface area (Å²) in [5, 5.41) is 8.92. The van der Waals surface area contributed by atoms with Crippen LogP contribution in [0.1, 0.15) is 0 Å². The minimum Gasteiger partial charge on any atom is -0.382 e. The molecule has 0 bridgehead atoms. The lowest BCUT2D eigenvalue weighted by Crippen LogP contribution is -2.27. The summed E-state index contributed by atoms with van der Waals surface area (Å²) in [4.78, 5) is 10.5. The normalized spacial score (nSPS) is 33.8. The molecule has 0 aromatic rings. The van der Waals surface area contributed by atoms with Gasteiger partial charge < -0.3 is 9.84 Å². The highest BCUT2D eigenvalue weighted by atomic mass is 16.5. The number of carbonyl (C=O) groups excluding carboxylic acids is 1. The average Bonchev–Trinajstić information content (AvgIpc) is 2.15. The fraction of sp³-hybridized carbons (Fsp3) is 0.500. The van der Waals surface area contributed by atoms with Crippen LogP contribution in [0.5, 0.6) is 0 Å². The first-order chi connectivity index (χ1) is 4.25. The van der Waals surface area contributed by atoms with E-state index in [4.69, 9.17) is 9.84 Å². The van der Waals surface area contributed by atoms with E-state index in [0.717, 1.165) is 0 Å². The number of hydrogen-bond acceptors (Lipinski definition) is 3. The third kappa shape index (κ3) is 1.01. The van der Waals surface area contributed by atoms with Crippen LogP contribution < -0.4 is 0 Å². The minimum atomic E-state index is -0.977. The Hall–Kier alpha value is -0.670. The topological polar surface area (TPSA) is 46.5 Å². The van der Waals surface area contributed by atoms with Crippen LogP contribution in [0.2, 0.25) is 0 Å². The van der Waals surface area contributed by atoms with Gasteiger partial charge in [-0.05, 0) is 12.2 Å². The molecule has 1 rings (SSSR count). The Bertz CT molecular complexity index is 150. The lowest BCUT2D eigenvalue weighted by atomic mass is 10.2. The fourth-order valence-corrected chi connectivity index (χ4v) is 0.763. The largest absolute Gasteiger partial charge is 0.382 e. The molecule has 0 aromatic heterocycles. The number of rotatable bonds is 1. The monoisotopic (exact) mass is 128 g/mol. The van der Waals surface area contributed by atoms with Crippen LogP contribution in [0.3, 0.4) is 0 Å². The van der Waals surface area contributed by atoms with Crippen molar-refractivity contribution in [2.45, 2.75) is 12.2 Å². The molecule has 0 heterocycles. The number of hydrogen-bond donors (Lipinski definition) is 1. The third-order valence-electron chi connectivity index (χ3n) is 1.33. The molecule has 1 aliphatic carbocycles. The molecule has 0 saturated carbocycles. The van der Waals surface area contributed by atoms with Crippen LogP contribution >= 0.6 is 0 Å². The average molecular weight is 128 g/mol. The molecule has 2 atom stereocenters. The first-order valence-corrected chi connectivity index (χ1v) is 2.68. The van der Waals surface area contributed by atoms with Gasteiger partial charge in [0.05, 0.1) is 0 Å². The highest BCUT2D eigenvalue weighted by Gasteiger charge is 2.27. The summed E-state index contributed by atoms with van der Waals surface area (Å²) < 4.78 is 4.74. The van der Waals surface area contributed by atoms with Crippen molar-refractivity contribution >= 4 is 5.78 Å². The van der Waals surface area contributed by atoms with Crippen LogP contribution in [-0.2, 0) is 9.53 Å². The second-order valence-corrected chi connectivity index (χ2v) is 1.91. The molecular weight excluding hydrogens is 120 g/mol. The van der Waals surface area contributed by atoms with Crippen molar-refractivity contribution in [2.24, 2.45) is 0 Å². The maximum atomic E-state index is 10.5. The van der Waals surface area contributed by atoms with Crippen molar-refractivity contribution in [3.05, 3.63) is 12.2 Å². The molecule has 0 aliphatic heterocycles. The highest BCUT2D eigenvalue weighted by molar-refractivity contribution is 5.96. The van der Waals surface area contributed by atoms with Gasteiger partial charge in [0.1, 0.15) is 12.2 Å². The Morgan fingerprint density at radius 3 is 2.67 bits per heavy atom. The van der Waals surface area contributed by atoms with Gasteiger partial charge in [0, 0.05) is 7.11 Å². The Kier molecular flexibility index (Phi) is 1.64. The number of methoxy groups -OCH3 is 1. The van der Waals surface area contributed by atoms with E-state index in [1.165, 1.54) is 13.2 Å². The molecule has 0 spiro atoms. The first kappa shape index (κ1) is 6.45. The maximum absolute atomic E-state index is 10.5. The van der Waals surface area contributed by atoms with Gasteiger partial charge in [-0.1, -0.05) is 0 Å². The Morgan fingerprint density at radius 2 is 2.44 bits per heavy atom. The van der Waals surface area contributed by atoms with Crippen LogP contribution in [0, 0.1) is 0 Å². The number of carbonyl (C=O) groups is 1. The molecule has 0 fully saturated rings. The van der Waals surface area contributed by atoms with Crippen molar-refractivity contribution < 1.29 is 14.6 Å². The molecule has 0 aromatic carbocycles. The number of aliphatic hydroxyl groups is 1. The van der Waals surface area contributed by atoms with Gasteiger partial charge in [-0.2, -0.15) is 0 Å². The second-order valence-electron chi connectivity index (χ2n) is 1.91. The van der Waals surface area contributed by atoms with Crippen molar-refractivity contribution in [3.63, 3.8) is 0 Å². The summed E-state index contributed by atoms with van der Waals surface area (Å²) in [7, 11) is 1.46. The Balaban J connectivity index is 2.62. The first-order valence-electron chi connectivity index (χ1n) is 2.68. The molecule has 9 heavy (non-hydrogen) atoms. The van der Waals surface area contributed by atoms with Crippen LogP contribution in [0.25, 0.3) is 0 Å². The fourth-order valence-electron chi connectivity index (χ4n) is 0.763. The minimum absolute atomic E-state index is 0.276. The molecule has 3 nitrogen and oxygen atoms in total. The van der Waals surface area contributed by atoms with E-state index >= 15 is 0 Å². The zero-order valence-corrected chi connectivity index (χ0v) is 5.07. The maximum Gasteiger partial charge on any atom is 0.186 e. The van der Waals surface area contributed by atoms with E-state index in [1.807, 2.05) is 0 Å². The Morgan fingerprint density at radius 1 is 1.78 bits per heavy atom. The van der Waals surface area contributed by atoms with E-state index in [-0.39, 0.29) is 5.78 Å². The van der Waals surface area contributed by atoms with E-state index in [9.17, 15) is 4.79 Å². The lowest BCUT2D eigenvalue weighted by molar-refractivity contribution is -0.125. The van der Waals surface area contributed by atoms with Gasteiger partial charge in [0.15, 0.2) is 5.78 Å². The number of ketones is 1. The number of ether oxygens (including phenoxy) is 1. The van der Waals surface area contributed by atoms with Gasteiger partial charge >= 0.3 is 0 Å². The van der Waals surface area contributed by atoms with Crippen molar-refractivity contribution in [1.29, 1.82) is 0 Å². The van der Waals surface area contributed by atoms with E-state index in [1.54, 1.807) is 6.08 Å². The summed E-state index contributed by atoms with van der Waals surface area (Å²) in [6.45, 7) is 0. The summed E-state index contributed by atoms with van der Waals surface area (Å²) in [6.07, 6.45) is 1.47. The van der Waals surface area contributed by atoms with Crippen molar-refractivity contribution in [1.82, 2.24) is 0 Å². The predicted octanol–water partition coefficient (Wildman–Crippen LogP) is -0.499. The molecule has 1 aliphatic rings. The molecule has 3 heteroatoms. The summed E-state index contributed by atoms with van der Waals surface area (Å²) in [5.74, 6) is -0.276. The molecule has 1 N–H and O–H groups in total. The van der Waals surface area contributed by atoms with Crippen LogP contribution in [-0.4, -0.2) is 30.2 Å². The van der Waals surface area contributed by atoms with Gasteiger partial charge in [-0.15, -0.1) is 0 Å². The summed E-state index contributed by atoms with van der Waals surface area (Å²) >= 11 is 0. The molecule has 0 saturated heterocycles. The quantitative estimate of drug-likeness (QED) is 0.518. The Labute approximate surface area is 52.9 Å². The highest BCUT2D eigenvalue weighted by Crippen LogP contribution is 2.09. The molecule has 2 unspecified atom stereocenters. The van der Waals surface area contributed by atoms with Gasteiger partial charge in [0.2, 0.25) is 0 Å². The van der Waals surface area contributed by atoms with Gasteiger partial charge in [-0.3, -0.25) is 4.79 Å². The zero-order valence-electron chi connectivity index (χ0n) is 5.07. The van der Waals surface area contributed by atoms with E-state index in [2.05, 4.69) is 0 Å². The molecule has 0 radical (unpaired) electrons. The predicted molar refractivity (Wildman–Crippen MR) is 31.0 cm³/mol. The van der Waals surface area contributed by atoms with E-state index < -0.39 is 12.2 Å². The van der Waals surface area contributed by atoms with Crippen LogP contribution in [0.4, 0.5) is 0 Å². The smallest absolute Gasteiger partial charge is 0.186 e. The van der Waals surface area contributed by atoms with Gasteiger partial charge in [-0.25, -0.2) is 0 Å². The second kappa shape index (κ2) is 2.29. The number of aliphatic hydroxyl groups excluding tert-OH is 1. The van der Waals surface area contributed by atoms with Crippen molar-refractivity contribution in [2.75, 3.05) is 7.11 Å². The summed E-state index contributed by atoms with van der Waals surface area (Å²) in [5.41, 5.74) is 0. The molecule has 0 amide bonds. The zero-order chi connectivity index (χ0) is 6.85. The van der Waals surface area contributed by atoms with E-state index in [0.29, 0.717) is 0 Å². The van der Waals surface area contributed by atoms with Crippen LogP contribution in [0.15, 0.2) is 12.2 Å².